The smallest absolute Gasteiger partial charge is 0.333 e. The van der Waals surface area contributed by atoms with Crippen LogP contribution in [-0.2, 0) is 9.59 Å². The van der Waals surface area contributed by atoms with Gasteiger partial charge < -0.3 is 5.11 Å². The molecule has 0 fully saturated rings. The van der Waals surface area contributed by atoms with Gasteiger partial charge in [-0.25, -0.2) is 9.69 Å². The van der Waals surface area contributed by atoms with E-state index in [1.54, 1.807) is 6.19 Å². The van der Waals surface area contributed by atoms with Gasteiger partial charge >= 0.3 is 5.97 Å². The molecule has 0 bridgehead atoms. The van der Waals surface area contributed by atoms with Crippen LogP contribution in [0.2, 0.25) is 0 Å². The fourth-order valence-electron chi connectivity index (χ4n) is 1.23. The molecule has 0 rings (SSSR count). The summed E-state index contributed by atoms with van der Waals surface area (Å²) in [5.74, 6) is -1.66. The van der Waals surface area contributed by atoms with Crippen molar-refractivity contribution in [3.05, 3.63) is 12.2 Å². The van der Waals surface area contributed by atoms with Gasteiger partial charge in [0.15, 0.2) is 6.19 Å². The average Bonchev–Trinajstić information content (AvgIpc) is 2.15. The number of carbonyl (C=O) groups is 2. The lowest BCUT2D eigenvalue weighted by Crippen LogP contribution is -2.38. The Morgan fingerprint density at radius 3 is 2.40 bits per heavy atom. The van der Waals surface area contributed by atoms with Crippen molar-refractivity contribution >= 4 is 11.9 Å². The zero-order chi connectivity index (χ0) is 12.0. The molecule has 1 atom stereocenters. The van der Waals surface area contributed by atoms with Crippen molar-refractivity contribution in [3.8, 4) is 6.19 Å². The monoisotopic (exact) mass is 210 g/mol. The molecule has 5 heteroatoms. The molecule has 1 N–H and O–H groups in total. The highest BCUT2D eigenvalue weighted by Crippen LogP contribution is 2.15. The van der Waals surface area contributed by atoms with E-state index in [0.29, 0.717) is 12.8 Å². The second kappa shape index (κ2) is 5.81. The molecule has 0 aliphatic heterocycles. The highest BCUT2D eigenvalue weighted by atomic mass is 16.4. The summed E-state index contributed by atoms with van der Waals surface area (Å²) in [6.07, 6.45) is 2.77. The van der Waals surface area contributed by atoms with Crippen LogP contribution in [0.3, 0.4) is 0 Å². The molecular weight excluding hydrogens is 196 g/mol. The quantitative estimate of drug-likeness (QED) is 0.419. The summed E-state index contributed by atoms with van der Waals surface area (Å²) in [5.41, 5.74) is -0.131. The number of amides is 1. The Kier molecular flexibility index (Phi) is 5.10. The molecule has 0 heterocycles. The molecule has 0 aromatic rings. The number of hydrogen-bond donors (Lipinski definition) is 1. The molecule has 5 nitrogen and oxygen atoms in total. The van der Waals surface area contributed by atoms with Gasteiger partial charge in [0, 0.05) is 6.92 Å². The topological polar surface area (TPSA) is 81.4 Å². The predicted molar refractivity (Wildman–Crippen MR) is 53.6 cm³/mol. The normalized spacial score (nSPS) is 11.3. The minimum atomic E-state index is -1.19. The molecule has 82 valence electrons. The standard InChI is InChI=1S/C10H14N2O3/c1-4-5-9(7(2)10(14)15)12(6-11)8(3)13/h9H,2,4-5H2,1,3H3,(H,14,15). The third-order valence-electron chi connectivity index (χ3n) is 2.00. The van der Waals surface area contributed by atoms with Crippen LogP contribution in [-0.4, -0.2) is 27.9 Å². The van der Waals surface area contributed by atoms with E-state index in [9.17, 15) is 9.59 Å². The number of carbonyl (C=O) groups excluding carboxylic acids is 1. The molecule has 0 aromatic carbocycles. The second-order valence-corrected chi connectivity index (χ2v) is 3.12. The van der Waals surface area contributed by atoms with Crippen LogP contribution in [0.15, 0.2) is 12.2 Å². The van der Waals surface area contributed by atoms with Gasteiger partial charge in [0.2, 0.25) is 5.91 Å². The van der Waals surface area contributed by atoms with Crippen molar-refractivity contribution in [3.63, 3.8) is 0 Å². The minimum Gasteiger partial charge on any atom is -0.478 e. The largest absolute Gasteiger partial charge is 0.478 e. The Labute approximate surface area is 88.6 Å². The van der Waals surface area contributed by atoms with Gasteiger partial charge in [-0.1, -0.05) is 19.9 Å². The second-order valence-electron chi connectivity index (χ2n) is 3.12. The van der Waals surface area contributed by atoms with Gasteiger partial charge in [0.1, 0.15) is 0 Å². The van der Waals surface area contributed by atoms with Crippen molar-refractivity contribution in [2.75, 3.05) is 0 Å². The Balaban J connectivity index is 4.95. The number of rotatable bonds is 5. The van der Waals surface area contributed by atoms with E-state index < -0.39 is 17.9 Å². The molecule has 0 aliphatic rings. The molecule has 0 radical (unpaired) electrons. The summed E-state index contributed by atoms with van der Waals surface area (Å²) in [6, 6.07) is -0.741. The summed E-state index contributed by atoms with van der Waals surface area (Å²) in [6.45, 7) is 6.45. The van der Waals surface area contributed by atoms with E-state index in [2.05, 4.69) is 6.58 Å². The van der Waals surface area contributed by atoms with Crippen molar-refractivity contribution in [1.29, 1.82) is 5.26 Å². The van der Waals surface area contributed by atoms with Crippen LogP contribution >= 0.6 is 0 Å². The highest BCUT2D eigenvalue weighted by molar-refractivity contribution is 5.88. The molecule has 1 amide bonds. The van der Waals surface area contributed by atoms with Crippen LogP contribution in [0.25, 0.3) is 0 Å². The Bertz CT molecular complexity index is 317. The predicted octanol–water partition coefficient (Wildman–Crippen LogP) is 1.13. The maximum Gasteiger partial charge on any atom is 0.333 e. The molecule has 0 aliphatic carbocycles. The van der Waals surface area contributed by atoms with Gasteiger partial charge in [-0.15, -0.1) is 0 Å². The molecule has 0 aromatic heterocycles. The van der Waals surface area contributed by atoms with E-state index in [0.717, 1.165) is 4.90 Å². The van der Waals surface area contributed by atoms with Crippen molar-refractivity contribution < 1.29 is 14.7 Å². The average molecular weight is 210 g/mol. The zero-order valence-corrected chi connectivity index (χ0v) is 8.86. The number of nitrogens with zero attached hydrogens (tertiary/aromatic N) is 2. The zero-order valence-electron chi connectivity index (χ0n) is 8.86. The maximum absolute atomic E-state index is 11.1. The first-order chi connectivity index (χ1) is 6.95. The van der Waals surface area contributed by atoms with Crippen LogP contribution in [0.1, 0.15) is 26.7 Å². The van der Waals surface area contributed by atoms with Crippen LogP contribution in [0.5, 0.6) is 0 Å². The summed E-state index contributed by atoms with van der Waals surface area (Å²) < 4.78 is 0. The van der Waals surface area contributed by atoms with Crippen molar-refractivity contribution in [2.45, 2.75) is 32.7 Å². The number of hydrogen-bond acceptors (Lipinski definition) is 3. The first kappa shape index (κ1) is 13.2. The lowest BCUT2D eigenvalue weighted by Gasteiger charge is -2.23. The van der Waals surface area contributed by atoms with Gasteiger partial charge in [0.05, 0.1) is 11.6 Å². The summed E-state index contributed by atoms with van der Waals surface area (Å²) in [4.78, 5) is 22.6. The lowest BCUT2D eigenvalue weighted by atomic mass is 10.0. The first-order valence-electron chi connectivity index (χ1n) is 4.57. The molecular formula is C10H14N2O3. The van der Waals surface area contributed by atoms with Gasteiger partial charge in [-0.05, 0) is 6.42 Å². The maximum atomic E-state index is 11.1. The molecule has 15 heavy (non-hydrogen) atoms. The highest BCUT2D eigenvalue weighted by Gasteiger charge is 2.26. The first-order valence-corrected chi connectivity index (χ1v) is 4.57. The summed E-state index contributed by atoms with van der Waals surface area (Å²) in [5, 5.41) is 17.5. The fraction of sp³-hybridized carbons (Fsp3) is 0.500. The third-order valence-corrected chi connectivity index (χ3v) is 2.00. The van der Waals surface area contributed by atoms with Crippen LogP contribution in [0.4, 0.5) is 0 Å². The number of carboxylic acids is 1. The van der Waals surface area contributed by atoms with Crippen molar-refractivity contribution in [2.24, 2.45) is 0 Å². The number of nitriles is 1. The molecule has 1 unspecified atom stereocenters. The molecule has 0 saturated heterocycles. The van der Waals surface area contributed by atoms with E-state index in [1.807, 2.05) is 6.92 Å². The van der Waals surface area contributed by atoms with E-state index in [-0.39, 0.29) is 5.57 Å². The fourth-order valence-corrected chi connectivity index (χ4v) is 1.23. The molecule has 0 saturated carbocycles. The third kappa shape index (κ3) is 3.43. The van der Waals surface area contributed by atoms with Gasteiger partial charge in [0.25, 0.3) is 0 Å². The van der Waals surface area contributed by atoms with Crippen molar-refractivity contribution in [1.82, 2.24) is 4.90 Å². The van der Waals surface area contributed by atoms with Gasteiger partial charge in [-0.2, -0.15) is 5.26 Å². The minimum absolute atomic E-state index is 0.131. The van der Waals surface area contributed by atoms with E-state index in [1.165, 1.54) is 6.92 Å². The van der Waals surface area contributed by atoms with Crippen LogP contribution in [0, 0.1) is 11.5 Å². The Morgan fingerprint density at radius 1 is 1.60 bits per heavy atom. The SMILES string of the molecule is C=C(C(=O)O)C(CCC)N(C#N)C(C)=O. The Hall–Kier alpha value is -1.83. The molecule has 0 spiro atoms. The lowest BCUT2D eigenvalue weighted by molar-refractivity contribution is -0.134. The summed E-state index contributed by atoms with van der Waals surface area (Å²) >= 11 is 0. The number of carboxylic acid groups (broad SMARTS) is 1. The van der Waals surface area contributed by atoms with Gasteiger partial charge in [-0.3, -0.25) is 4.79 Å². The van der Waals surface area contributed by atoms with E-state index >= 15 is 0 Å². The summed E-state index contributed by atoms with van der Waals surface area (Å²) in [7, 11) is 0. The number of aliphatic carboxylic acids is 1. The Morgan fingerprint density at radius 2 is 2.13 bits per heavy atom. The van der Waals surface area contributed by atoms with Crippen LogP contribution < -0.4 is 0 Å². The van der Waals surface area contributed by atoms with E-state index in [4.69, 9.17) is 10.4 Å².